The molecular weight excluding hydrogens is 565 g/mol. The molecule has 1 fully saturated rings. The fourth-order valence-electron chi connectivity index (χ4n) is 5.68. The van der Waals surface area contributed by atoms with Crippen LogP contribution in [0.25, 0.3) is 0 Å². The van der Waals surface area contributed by atoms with Crippen molar-refractivity contribution in [2.45, 2.75) is 32.1 Å². The Bertz CT molecular complexity index is 1580. The van der Waals surface area contributed by atoms with Crippen LogP contribution in [0.1, 0.15) is 52.0 Å². The van der Waals surface area contributed by atoms with Gasteiger partial charge in [-0.3, -0.25) is 9.59 Å². The molecule has 0 radical (unpaired) electrons. The normalized spacial score (nSPS) is 18.8. The number of aliphatic carboxylic acids is 1. The van der Waals surface area contributed by atoms with Gasteiger partial charge in [-0.1, -0.05) is 35.0 Å². The number of fused-ring (bicyclic) bond motifs is 1. The fourth-order valence-corrected chi connectivity index (χ4v) is 5.88. The smallest absolute Gasteiger partial charge is 0.344 e. The van der Waals surface area contributed by atoms with E-state index in [1.165, 1.54) is 19.2 Å². The molecule has 218 valence electrons. The zero-order chi connectivity index (χ0) is 29.9. The zero-order valence-corrected chi connectivity index (χ0v) is 23.6. The van der Waals surface area contributed by atoms with E-state index in [4.69, 9.17) is 26.3 Å². The number of halogens is 2. The molecule has 1 aliphatic heterocycles. The lowest BCUT2D eigenvalue weighted by molar-refractivity contribution is -0.142. The van der Waals surface area contributed by atoms with Gasteiger partial charge in [0.25, 0.3) is 11.8 Å². The largest absolute Gasteiger partial charge is 0.495 e. The summed E-state index contributed by atoms with van der Waals surface area (Å²) in [5, 5.41) is 15.7. The maximum atomic E-state index is 13.9. The van der Waals surface area contributed by atoms with E-state index in [1.54, 1.807) is 23.1 Å². The van der Waals surface area contributed by atoms with Gasteiger partial charge in [0.05, 0.1) is 29.1 Å². The summed E-state index contributed by atoms with van der Waals surface area (Å²) in [6.07, 6.45) is 3.71. The standard InChI is InChI=1S/C31H29ClFN3O6/c1-41-27-14-19(6-9-25(27)34-29(39)23-15-21(33)7-8-24(23)32)30(40)36-13-12-31(16-20-4-2-3-5-26(20)36)11-10-22(17-31)35-42-18-28(37)38/h2-9,14-15H,10-13,16-18H2,1H3,(H,34,39)(H,37,38)/b35-22+/t31-/m0/s1. The summed E-state index contributed by atoms with van der Waals surface area (Å²) in [4.78, 5) is 44.2. The van der Waals surface area contributed by atoms with E-state index in [0.29, 0.717) is 30.6 Å². The van der Waals surface area contributed by atoms with Gasteiger partial charge in [-0.05, 0) is 85.5 Å². The molecule has 42 heavy (non-hydrogen) atoms. The Labute approximate surface area is 246 Å². The second kappa shape index (κ2) is 12.2. The fraction of sp³-hybridized carbons (Fsp3) is 0.290. The molecule has 0 saturated heterocycles. The first kappa shape index (κ1) is 29.1. The van der Waals surface area contributed by atoms with Crippen molar-refractivity contribution in [3.8, 4) is 5.75 Å². The van der Waals surface area contributed by atoms with Crippen LogP contribution in [0.4, 0.5) is 15.8 Å². The number of hydrogen-bond acceptors (Lipinski definition) is 6. The van der Waals surface area contributed by atoms with Crippen LogP contribution in [0.3, 0.4) is 0 Å². The average molecular weight is 594 g/mol. The molecule has 1 heterocycles. The number of ether oxygens (including phenoxy) is 1. The Morgan fingerprint density at radius 3 is 2.69 bits per heavy atom. The van der Waals surface area contributed by atoms with Crippen LogP contribution in [0.5, 0.6) is 5.75 Å². The highest BCUT2D eigenvalue weighted by Crippen LogP contribution is 2.46. The van der Waals surface area contributed by atoms with Crippen molar-refractivity contribution in [1.82, 2.24) is 0 Å². The van der Waals surface area contributed by atoms with E-state index in [1.807, 2.05) is 24.3 Å². The SMILES string of the molecule is COc1cc(C(=O)N2CC[C@@]3(CC/C(=N\OCC(=O)O)C3)Cc3ccccc32)ccc1NC(=O)c1cc(F)ccc1Cl. The van der Waals surface area contributed by atoms with E-state index >= 15 is 0 Å². The molecule has 1 spiro atoms. The van der Waals surface area contributed by atoms with Crippen molar-refractivity contribution >= 4 is 46.5 Å². The van der Waals surface area contributed by atoms with Crippen LogP contribution >= 0.6 is 11.6 Å². The second-order valence-corrected chi connectivity index (χ2v) is 10.9. The van der Waals surface area contributed by atoms with Crippen LogP contribution in [0, 0.1) is 11.2 Å². The van der Waals surface area contributed by atoms with Gasteiger partial charge >= 0.3 is 5.97 Å². The van der Waals surface area contributed by atoms with E-state index in [-0.39, 0.29) is 27.7 Å². The Hall–Kier alpha value is -4.44. The van der Waals surface area contributed by atoms with Gasteiger partial charge in [0.1, 0.15) is 11.6 Å². The van der Waals surface area contributed by atoms with Crippen LogP contribution in [-0.4, -0.2) is 48.9 Å². The number of carbonyl (C=O) groups is 3. The molecule has 3 aromatic carbocycles. The molecule has 5 rings (SSSR count). The molecular formula is C31H29ClFN3O6. The minimum absolute atomic E-state index is 0.0254. The molecule has 0 bridgehead atoms. The number of carboxylic acids is 1. The first-order chi connectivity index (χ1) is 20.2. The number of hydrogen-bond donors (Lipinski definition) is 2. The predicted octanol–water partition coefficient (Wildman–Crippen LogP) is 5.96. The van der Waals surface area contributed by atoms with E-state index < -0.39 is 24.3 Å². The summed E-state index contributed by atoms with van der Waals surface area (Å²) >= 11 is 6.08. The van der Waals surface area contributed by atoms with Crippen LogP contribution in [0.2, 0.25) is 5.02 Å². The maximum Gasteiger partial charge on any atom is 0.344 e. The lowest BCUT2D eigenvalue weighted by Gasteiger charge is -2.27. The lowest BCUT2D eigenvalue weighted by Crippen LogP contribution is -2.33. The van der Waals surface area contributed by atoms with E-state index in [2.05, 4.69) is 10.5 Å². The minimum atomic E-state index is -1.08. The number of carboxylic acid groups (broad SMARTS) is 1. The number of anilines is 2. The number of nitrogens with one attached hydrogen (secondary N) is 1. The van der Waals surface area contributed by atoms with Gasteiger partial charge in [-0.25, -0.2) is 9.18 Å². The van der Waals surface area contributed by atoms with Gasteiger partial charge in [0, 0.05) is 17.8 Å². The molecule has 1 saturated carbocycles. The zero-order valence-electron chi connectivity index (χ0n) is 22.9. The number of nitrogens with zero attached hydrogens (tertiary/aromatic N) is 2. The molecule has 3 aromatic rings. The number of rotatable bonds is 7. The summed E-state index contributed by atoms with van der Waals surface area (Å²) in [7, 11) is 1.43. The van der Waals surface area contributed by atoms with Crippen molar-refractivity contribution in [2.75, 3.05) is 30.5 Å². The summed E-state index contributed by atoms with van der Waals surface area (Å²) in [5.41, 5.74) is 3.22. The van der Waals surface area contributed by atoms with Gasteiger partial charge in [-0.15, -0.1) is 0 Å². The number of methoxy groups -OCH3 is 1. The van der Waals surface area contributed by atoms with Gasteiger partial charge in [-0.2, -0.15) is 0 Å². The van der Waals surface area contributed by atoms with Crippen molar-refractivity contribution in [3.05, 3.63) is 88.2 Å². The molecule has 0 unspecified atom stereocenters. The third-order valence-corrected chi connectivity index (χ3v) is 8.06. The van der Waals surface area contributed by atoms with Gasteiger partial charge < -0.3 is 24.9 Å². The van der Waals surface area contributed by atoms with Crippen LogP contribution in [-0.2, 0) is 16.1 Å². The number of oxime groups is 1. The second-order valence-electron chi connectivity index (χ2n) is 10.5. The summed E-state index contributed by atoms with van der Waals surface area (Å²) in [5.74, 6) is -2.24. The maximum absolute atomic E-state index is 13.9. The molecule has 1 atom stereocenters. The Morgan fingerprint density at radius 2 is 1.90 bits per heavy atom. The van der Waals surface area contributed by atoms with Gasteiger partial charge in [0.15, 0.2) is 0 Å². The van der Waals surface area contributed by atoms with Crippen molar-refractivity contribution in [3.63, 3.8) is 0 Å². The Balaban J connectivity index is 1.37. The van der Waals surface area contributed by atoms with E-state index in [0.717, 1.165) is 42.3 Å². The number of para-hydroxylation sites is 1. The molecule has 1 aliphatic carbocycles. The lowest BCUT2D eigenvalue weighted by atomic mass is 9.78. The first-order valence-electron chi connectivity index (χ1n) is 13.4. The number of carbonyl (C=O) groups excluding carboxylic acids is 2. The summed E-state index contributed by atoms with van der Waals surface area (Å²) < 4.78 is 19.2. The highest BCUT2D eigenvalue weighted by Gasteiger charge is 2.41. The highest BCUT2D eigenvalue weighted by atomic mass is 35.5. The number of benzene rings is 3. The third kappa shape index (κ3) is 6.23. The van der Waals surface area contributed by atoms with E-state index in [9.17, 15) is 18.8 Å². The Kier molecular flexibility index (Phi) is 8.44. The topological polar surface area (TPSA) is 118 Å². The van der Waals surface area contributed by atoms with Crippen molar-refractivity contribution in [1.29, 1.82) is 0 Å². The predicted molar refractivity (Wildman–Crippen MR) is 156 cm³/mol. The monoisotopic (exact) mass is 593 g/mol. The quantitative estimate of drug-likeness (QED) is 0.326. The van der Waals surface area contributed by atoms with Crippen LogP contribution < -0.4 is 15.0 Å². The molecule has 2 N–H and O–H groups in total. The average Bonchev–Trinajstić information content (AvgIpc) is 3.29. The molecule has 11 heteroatoms. The molecule has 2 amide bonds. The Morgan fingerprint density at radius 1 is 1.10 bits per heavy atom. The van der Waals surface area contributed by atoms with Crippen molar-refractivity contribution in [2.24, 2.45) is 10.6 Å². The minimum Gasteiger partial charge on any atom is -0.495 e. The molecule has 2 aliphatic rings. The number of amides is 2. The summed E-state index contributed by atoms with van der Waals surface area (Å²) in [6, 6.07) is 16.1. The first-order valence-corrected chi connectivity index (χ1v) is 13.8. The summed E-state index contributed by atoms with van der Waals surface area (Å²) in [6.45, 7) is -0.00984. The highest BCUT2D eigenvalue weighted by molar-refractivity contribution is 6.34. The molecule has 0 aromatic heterocycles. The molecule has 9 nitrogen and oxygen atoms in total. The van der Waals surface area contributed by atoms with Crippen LogP contribution in [0.15, 0.2) is 65.8 Å². The van der Waals surface area contributed by atoms with Gasteiger partial charge in [0.2, 0.25) is 6.61 Å². The van der Waals surface area contributed by atoms with Crippen molar-refractivity contribution < 1.29 is 33.5 Å². The third-order valence-electron chi connectivity index (χ3n) is 7.73.